The highest BCUT2D eigenvalue weighted by Gasteiger charge is 2.06. The molecule has 3 nitrogen and oxygen atoms in total. The molecular weight excluding hydrogens is 323 g/mol. The number of carbonyl (C=O) groups is 1. The molecule has 0 aliphatic carbocycles. The maximum atomic E-state index is 11.6. The van der Waals surface area contributed by atoms with Gasteiger partial charge >= 0.3 is 5.97 Å². The van der Waals surface area contributed by atoms with Crippen molar-refractivity contribution in [1.29, 1.82) is 0 Å². The SMILES string of the molecule is O=C(COc1ccc(Cl)cc1Cl)OC/C=C\c1ccccc1. The number of ether oxygens (including phenoxy) is 2. The van der Waals surface area contributed by atoms with Gasteiger partial charge in [-0.1, -0.05) is 59.6 Å². The molecule has 0 aliphatic rings. The Labute approximate surface area is 139 Å². The van der Waals surface area contributed by atoms with Gasteiger partial charge < -0.3 is 9.47 Å². The predicted molar refractivity (Wildman–Crippen MR) is 88.4 cm³/mol. The Hall–Kier alpha value is -1.97. The first-order valence-electron chi connectivity index (χ1n) is 6.60. The number of halogens is 2. The molecule has 5 heteroatoms. The summed E-state index contributed by atoms with van der Waals surface area (Å²) < 4.78 is 10.3. The summed E-state index contributed by atoms with van der Waals surface area (Å²) in [6, 6.07) is 14.5. The lowest BCUT2D eigenvalue weighted by Crippen LogP contribution is -2.15. The van der Waals surface area contributed by atoms with E-state index in [4.69, 9.17) is 32.7 Å². The van der Waals surface area contributed by atoms with Crippen LogP contribution in [-0.2, 0) is 9.53 Å². The average Bonchev–Trinajstić information content (AvgIpc) is 2.52. The minimum atomic E-state index is -0.469. The maximum Gasteiger partial charge on any atom is 0.344 e. The normalized spacial score (nSPS) is 10.6. The van der Waals surface area contributed by atoms with Gasteiger partial charge in [0.2, 0.25) is 0 Å². The Balaban J connectivity index is 1.73. The number of hydrogen-bond acceptors (Lipinski definition) is 3. The van der Waals surface area contributed by atoms with E-state index in [0.29, 0.717) is 15.8 Å². The summed E-state index contributed by atoms with van der Waals surface area (Å²) in [5.41, 5.74) is 1.04. The van der Waals surface area contributed by atoms with Crippen molar-refractivity contribution in [2.45, 2.75) is 0 Å². The fourth-order valence-electron chi connectivity index (χ4n) is 1.66. The van der Waals surface area contributed by atoms with E-state index in [1.54, 1.807) is 24.3 Å². The fourth-order valence-corrected chi connectivity index (χ4v) is 2.12. The smallest absolute Gasteiger partial charge is 0.344 e. The standard InChI is InChI=1S/C17H14Cl2O3/c18-14-8-9-16(15(19)11-14)22-12-17(20)21-10-4-7-13-5-2-1-3-6-13/h1-9,11H,10,12H2/b7-4-. The van der Waals surface area contributed by atoms with Crippen LogP contribution in [0.4, 0.5) is 0 Å². The predicted octanol–water partition coefficient (Wildman–Crippen LogP) is 4.63. The van der Waals surface area contributed by atoms with E-state index in [9.17, 15) is 4.79 Å². The lowest BCUT2D eigenvalue weighted by molar-refractivity contribution is -0.144. The summed E-state index contributed by atoms with van der Waals surface area (Å²) in [5, 5.41) is 0.857. The van der Waals surface area contributed by atoms with Crippen LogP contribution < -0.4 is 4.74 Å². The first-order chi connectivity index (χ1) is 10.6. The molecule has 2 aromatic carbocycles. The molecule has 0 aromatic heterocycles. The molecule has 0 N–H and O–H groups in total. The zero-order valence-corrected chi connectivity index (χ0v) is 13.2. The quantitative estimate of drug-likeness (QED) is 0.721. The molecule has 22 heavy (non-hydrogen) atoms. The van der Waals surface area contributed by atoms with Crippen LogP contribution >= 0.6 is 23.2 Å². The van der Waals surface area contributed by atoms with Crippen molar-refractivity contribution in [2.75, 3.05) is 13.2 Å². The Kier molecular flexibility index (Phi) is 6.31. The second kappa shape index (κ2) is 8.47. The van der Waals surface area contributed by atoms with Crippen molar-refractivity contribution >= 4 is 35.2 Å². The van der Waals surface area contributed by atoms with Gasteiger partial charge in [-0.25, -0.2) is 4.79 Å². The average molecular weight is 337 g/mol. The summed E-state index contributed by atoms with van der Waals surface area (Å²) in [6.45, 7) is -0.0219. The van der Waals surface area contributed by atoms with E-state index < -0.39 is 5.97 Å². The van der Waals surface area contributed by atoms with Crippen LogP contribution in [0, 0.1) is 0 Å². The Morgan fingerprint density at radius 3 is 2.59 bits per heavy atom. The van der Waals surface area contributed by atoms with Crippen molar-refractivity contribution in [3.63, 3.8) is 0 Å². The second-order valence-electron chi connectivity index (χ2n) is 4.36. The van der Waals surface area contributed by atoms with Crippen LogP contribution in [0.15, 0.2) is 54.6 Å². The highest BCUT2D eigenvalue weighted by molar-refractivity contribution is 6.35. The van der Waals surface area contributed by atoms with Crippen LogP contribution in [0.25, 0.3) is 6.08 Å². The van der Waals surface area contributed by atoms with Gasteiger partial charge in [-0.05, 0) is 29.8 Å². The Morgan fingerprint density at radius 1 is 1.09 bits per heavy atom. The number of hydrogen-bond donors (Lipinski definition) is 0. The third-order valence-corrected chi connectivity index (χ3v) is 3.22. The highest BCUT2D eigenvalue weighted by Crippen LogP contribution is 2.27. The molecule has 0 atom stereocenters. The van der Waals surface area contributed by atoms with Crippen LogP contribution in [-0.4, -0.2) is 19.2 Å². The lowest BCUT2D eigenvalue weighted by Gasteiger charge is -2.07. The molecular formula is C17H14Cl2O3. The number of carbonyl (C=O) groups excluding carboxylic acids is 1. The van der Waals surface area contributed by atoms with Crippen LogP contribution in [0.5, 0.6) is 5.75 Å². The van der Waals surface area contributed by atoms with Crippen molar-refractivity contribution in [2.24, 2.45) is 0 Å². The minimum absolute atomic E-state index is 0.186. The zero-order chi connectivity index (χ0) is 15.8. The van der Waals surface area contributed by atoms with E-state index in [1.165, 1.54) is 0 Å². The molecule has 0 saturated carbocycles. The molecule has 0 saturated heterocycles. The first kappa shape index (κ1) is 16.4. The van der Waals surface area contributed by atoms with Gasteiger partial charge in [0.25, 0.3) is 0 Å². The highest BCUT2D eigenvalue weighted by atomic mass is 35.5. The van der Waals surface area contributed by atoms with Crippen LogP contribution in [0.1, 0.15) is 5.56 Å². The second-order valence-corrected chi connectivity index (χ2v) is 5.20. The van der Waals surface area contributed by atoms with Crippen LogP contribution in [0.2, 0.25) is 10.0 Å². The van der Waals surface area contributed by atoms with Gasteiger partial charge in [-0.3, -0.25) is 0 Å². The monoisotopic (exact) mass is 336 g/mol. The third kappa shape index (κ3) is 5.43. The molecule has 0 fully saturated rings. The summed E-state index contributed by atoms with van der Waals surface area (Å²) in [7, 11) is 0. The molecule has 0 radical (unpaired) electrons. The van der Waals surface area contributed by atoms with Gasteiger partial charge in [-0.15, -0.1) is 0 Å². The fraction of sp³-hybridized carbons (Fsp3) is 0.118. The number of rotatable bonds is 6. The molecule has 0 aliphatic heterocycles. The van der Waals surface area contributed by atoms with Crippen molar-refractivity contribution in [3.05, 3.63) is 70.2 Å². The molecule has 0 unspecified atom stereocenters. The molecule has 0 heterocycles. The summed E-state index contributed by atoms with van der Waals surface area (Å²) in [5.74, 6) is -0.0772. The molecule has 114 valence electrons. The van der Waals surface area contributed by atoms with Crippen molar-refractivity contribution < 1.29 is 14.3 Å². The van der Waals surface area contributed by atoms with Crippen LogP contribution in [0.3, 0.4) is 0 Å². The van der Waals surface area contributed by atoms with E-state index in [0.717, 1.165) is 5.56 Å². The lowest BCUT2D eigenvalue weighted by atomic mass is 10.2. The largest absolute Gasteiger partial charge is 0.480 e. The number of benzene rings is 2. The van der Waals surface area contributed by atoms with Gasteiger partial charge in [0.05, 0.1) is 5.02 Å². The van der Waals surface area contributed by atoms with Gasteiger partial charge in [0.1, 0.15) is 12.4 Å². The van der Waals surface area contributed by atoms with Gasteiger partial charge in [0.15, 0.2) is 6.61 Å². The van der Waals surface area contributed by atoms with E-state index in [1.807, 2.05) is 36.4 Å². The molecule has 0 spiro atoms. The third-order valence-electron chi connectivity index (χ3n) is 2.69. The summed E-state index contributed by atoms with van der Waals surface area (Å²) >= 11 is 11.7. The Morgan fingerprint density at radius 2 is 1.86 bits per heavy atom. The molecule has 0 amide bonds. The van der Waals surface area contributed by atoms with E-state index in [2.05, 4.69) is 0 Å². The minimum Gasteiger partial charge on any atom is -0.480 e. The molecule has 0 bridgehead atoms. The first-order valence-corrected chi connectivity index (χ1v) is 7.36. The molecule has 2 rings (SSSR count). The maximum absolute atomic E-state index is 11.6. The van der Waals surface area contributed by atoms with Gasteiger partial charge in [-0.2, -0.15) is 0 Å². The summed E-state index contributed by atoms with van der Waals surface area (Å²) in [6.07, 6.45) is 3.65. The zero-order valence-electron chi connectivity index (χ0n) is 11.7. The van der Waals surface area contributed by atoms with E-state index in [-0.39, 0.29) is 13.2 Å². The molecule has 2 aromatic rings. The summed E-state index contributed by atoms with van der Waals surface area (Å²) in [4.78, 5) is 11.6. The van der Waals surface area contributed by atoms with E-state index >= 15 is 0 Å². The van der Waals surface area contributed by atoms with Gasteiger partial charge in [0, 0.05) is 5.02 Å². The van der Waals surface area contributed by atoms with Crippen molar-refractivity contribution in [1.82, 2.24) is 0 Å². The topological polar surface area (TPSA) is 35.5 Å². The Bertz CT molecular complexity index is 654. The number of esters is 1. The van der Waals surface area contributed by atoms with Crippen molar-refractivity contribution in [3.8, 4) is 5.75 Å².